The lowest BCUT2D eigenvalue weighted by Gasteiger charge is -2.48. The first-order valence-electron chi connectivity index (χ1n) is 8.56. The summed E-state index contributed by atoms with van der Waals surface area (Å²) in [4.78, 5) is 15.5. The predicted octanol–water partition coefficient (Wildman–Crippen LogP) is 2.92. The largest absolute Gasteiger partial charge is 0.416 e. The van der Waals surface area contributed by atoms with Crippen molar-refractivity contribution in [1.29, 1.82) is 0 Å². The highest BCUT2D eigenvalue weighted by atomic mass is 19.4. The van der Waals surface area contributed by atoms with Crippen LogP contribution in [-0.2, 0) is 22.3 Å². The van der Waals surface area contributed by atoms with Gasteiger partial charge in [-0.1, -0.05) is 18.2 Å². The van der Waals surface area contributed by atoms with E-state index in [0.29, 0.717) is 26.2 Å². The number of nitrogens with zero attached hydrogens (tertiary/aromatic N) is 2. The molecule has 2 fully saturated rings. The standard InChI is InChI=1S/C18H23F3N2O2/c1-14(24)23-8-4-7-17(13-23)12-22(9-10-25-17)11-15-5-2-3-6-16(15)18(19,20)21/h2-3,5-6H,4,7-13H2,1H3. The first kappa shape index (κ1) is 18.2. The Balaban J connectivity index is 1.74. The topological polar surface area (TPSA) is 32.8 Å². The molecule has 0 saturated carbocycles. The summed E-state index contributed by atoms with van der Waals surface area (Å²) >= 11 is 0. The molecule has 1 aromatic rings. The van der Waals surface area contributed by atoms with Crippen molar-refractivity contribution in [3.05, 3.63) is 35.4 Å². The summed E-state index contributed by atoms with van der Waals surface area (Å²) in [6, 6.07) is 5.72. The van der Waals surface area contributed by atoms with Crippen molar-refractivity contribution in [2.24, 2.45) is 0 Å². The van der Waals surface area contributed by atoms with Gasteiger partial charge in [0.05, 0.1) is 24.3 Å². The van der Waals surface area contributed by atoms with Crippen LogP contribution in [-0.4, -0.2) is 54.1 Å². The van der Waals surface area contributed by atoms with Crippen LogP contribution in [0.4, 0.5) is 13.2 Å². The van der Waals surface area contributed by atoms with Crippen LogP contribution in [0.1, 0.15) is 30.9 Å². The van der Waals surface area contributed by atoms with E-state index in [2.05, 4.69) is 0 Å². The maximum atomic E-state index is 13.2. The van der Waals surface area contributed by atoms with E-state index < -0.39 is 17.3 Å². The number of piperidine rings is 1. The Morgan fingerprint density at radius 2 is 2.00 bits per heavy atom. The fourth-order valence-electron chi connectivity index (χ4n) is 3.85. The molecule has 4 nitrogen and oxygen atoms in total. The second-order valence-electron chi connectivity index (χ2n) is 6.94. The van der Waals surface area contributed by atoms with Gasteiger partial charge in [0.1, 0.15) is 0 Å². The minimum atomic E-state index is -4.35. The minimum absolute atomic E-state index is 0.0159. The Morgan fingerprint density at radius 3 is 2.72 bits per heavy atom. The number of benzene rings is 1. The van der Waals surface area contributed by atoms with Gasteiger partial charge in [0, 0.05) is 33.1 Å². The fourth-order valence-corrected chi connectivity index (χ4v) is 3.85. The van der Waals surface area contributed by atoms with Gasteiger partial charge in [-0.3, -0.25) is 9.69 Å². The highest BCUT2D eigenvalue weighted by molar-refractivity contribution is 5.73. The minimum Gasteiger partial charge on any atom is -0.370 e. The lowest BCUT2D eigenvalue weighted by Crippen LogP contribution is -2.60. The highest BCUT2D eigenvalue weighted by Gasteiger charge is 2.41. The van der Waals surface area contributed by atoms with Crippen LogP contribution in [0.5, 0.6) is 0 Å². The van der Waals surface area contributed by atoms with Gasteiger partial charge in [0.25, 0.3) is 0 Å². The zero-order valence-corrected chi connectivity index (χ0v) is 14.3. The lowest BCUT2D eigenvalue weighted by molar-refractivity contribution is -0.157. The van der Waals surface area contributed by atoms with Crippen molar-refractivity contribution in [2.45, 2.75) is 38.1 Å². The van der Waals surface area contributed by atoms with E-state index >= 15 is 0 Å². The first-order valence-corrected chi connectivity index (χ1v) is 8.56. The molecule has 2 heterocycles. The van der Waals surface area contributed by atoms with E-state index in [1.165, 1.54) is 12.1 Å². The van der Waals surface area contributed by atoms with Crippen LogP contribution >= 0.6 is 0 Å². The third-order valence-corrected chi connectivity index (χ3v) is 5.03. The molecular weight excluding hydrogens is 333 g/mol. The van der Waals surface area contributed by atoms with Gasteiger partial charge in [-0.05, 0) is 24.5 Å². The number of ether oxygens (including phenoxy) is 1. The molecule has 2 aliphatic rings. The summed E-state index contributed by atoms with van der Waals surface area (Å²) in [7, 11) is 0. The molecule has 0 bridgehead atoms. The van der Waals surface area contributed by atoms with Gasteiger partial charge in [-0.2, -0.15) is 13.2 Å². The summed E-state index contributed by atoms with van der Waals surface area (Å²) in [6.07, 6.45) is -2.67. The van der Waals surface area contributed by atoms with Crippen LogP contribution in [0, 0.1) is 0 Å². The number of rotatable bonds is 2. The molecule has 0 aromatic heterocycles. The first-order chi connectivity index (χ1) is 11.8. The summed E-state index contributed by atoms with van der Waals surface area (Å²) < 4.78 is 45.6. The Morgan fingerprint density at radius 1 is 1.24 bits per heavy atom. The molecular formula is C18H23F3N2O2. The molecule has 138 valence electrons. The van der Waals surface area contributed by atoms with Crippen LogP contribution in [0.3, 0.4) is 0 Å². The number of alkyl halides is 3. The van der Waals surface area contributed by atoms with Crippen LogP contribution in [0.25, 0.3) is 0 Å². The van der Waals surface area contributed by atoms with Gasteiger partial charge in [-0.25, -0.2) is 0 Å². The molecule has 1 unspecified atom stereocenters. The van der Waals surface area contributed by atoms with Crippen molar-refractivity contribution in [3.63, 3.8) is 0 Å². The normalized spacial score (nSPS) is 25.4. The quantitative estimate of drug-likeness (QED) is 0.817. The van der Waals surface area contributed by atoms with E-state index in [4.69, 9.17) is 4.74 Å². The molecule has 25 heavy (non-hydrogen) atoms. The Labute approximate surface area is 145 Å². The fraction of sp³-hybridized carbons (Fsp3) is 0.611. The molecule has 7 heteroatoms. The van der Waals surface area contributed by atoms with Gasteiger partial charge in [0.15, 0.2) is 0 Å². The van der Waals surface area contributed by atoms with Gasteiger partial charge >= 0.3 is 6.18 Å². The number of amides is 1. The number of carbonyl (C=O) groups excluding carboxylic acids is 1. The molecule has 1 spiro atoms. The van der Waals surface area contributed by atoms with Gasteiger partial charge < -0.3 is 9.64 Å². The number of carbonyl (C=O) groups is 1. The SMILES string of the molecule is CC(=O)N1CCCC2(CN(Cc3ccccc3C(F)(F)F)CCO2)C1. The highest BCUT2D eigenvalue weighted by Crippen LogP contribution is 2.34. The molecule has 2 aliphatic heterocycles. The molecule has 0 aliphatic carbocycles. The summed E-state index contributed by atoms with van der Waals surface area (Å²) in [5.41, 5.74) is -0.758. The number of morpholine rings is 1. The van der Waals surface area contributed by atoms with Crippen molar-refractivity contribution < 1.29 is 22.7 Å². The summed E-state index contributed by atoms with van der Waals surface area (Å²) in [6.45, 7) is 4.62. The van der Waals surface area contributed by atoms with Crippen molar-refractivity contribution in [1.82, 2.24) is 9.80 Å². The molecule has 1 atom stereocenters. The molecule has 0 N–H and O–H groups in total. The number of hydrogen-bond acceptors (Lipinski definition) is 3. The molecule has 1 amide bonds. The molecule has 3 rings (SSSR count). The Bertz CT molecular complexity index is 631. The van der Waals surface area contributed by atoms with E-state index in [1.54, 1.807) is 17.9 Å². The summed E-state index contributed by atoms with van der Waals surface area (Å²) in [5, 5.41) is 0. The van der Waals surface area contributed by atoms with E-state index in [9.17, 15) is 18.0 Å². The van der Waals surface area contributed by atoms with Crippen LogP contribution in [0.2, 0.25) is 0 Å². The Hall–Kier alpha value is -1.60. The van der Waals surface area contributed by atoms with E-state index in [1.807, 2.05) is 4.90 Å². The zero-order chi connectivity index (χ0) is 18.1. The van der Waals surface area contributed by atoms with Crippen molar-refractivity contribution in [2.75, 3.05) is 32.8 Å². The third kappa shape index (κ3) is 4.15. The molecule has 1 aromatic carbocycles. The van der Waals surface area contributed by atoms with Crippen LogP contribution < -0.4 is 0 Å². The molecule has 2 saturated heterocycles. The lowest BCUT2D eigenvalue weighted by atomic mass is 9.90. The molecule has 0 radical (unpaired) electrons. The van der Waals surface area contributed by atoms with Crippen molar-refractivity contribution in [3.8, 4) is 0 Å². The Kier molecular flexibility index (Phi) is 5.06. The second-order valence-corrected chi connectivity index (χ2v) is 6.94. The monoisotopic (exact) mass is 356 g/mol. The van der Waals surface area contributed by atoms with Crippen LogP contribution in [0.15, 0.2) is 24.3 Å². The number of likely N-dealkylation sites (tertiary alicyclic amines) is 1. The summed E-state index contributed by atoms with van der Waals surface area (Å²) in [5.74, 6) is 0.0159. The predicted molar refractivity (Wildman–Crippen MR) is 86.9 cm³/mol. The second kappa shape index (κ2) is 6.96. The average molecular weight is 356 g/mol. The average Bonchev–Trinajstić information content (AvgIpc) is 2.54. The van der Waals surface area contributed by atoms with E-state index in [-0.39, 0.29) is 18.0 Å². The van der Waals surface area contributed by atoms with Gasteiger partial charge in [0.2, 0.25) is 5.91 Å². The smallest absolute Gasteiger partial charge is 0.370 e. The van der Waals surface area contributed by atoms with E-state index in [0.717, 1.165) is 25.5 Å². The third-order valence-electron chi connectivity index (χ3n) is 5.03. The maximum absolute atomic E-state index is 13.2. The van der Waals surface area contributed by atoms with Crippen molar-refractivity contribution >= 4 is 5.91 Å². The zero-order valence-electron chi connectivity index (χ0n) is 14.3. The van der Waals surface area contributed by atoms with Gasteiger partial charge in [-0.15, -0.1) is 0 Å². The number of hydrogen-bond donors (Lipinski definition) is 0. The number of halogens is 3. The maximum Gasteiger partial charge on any atom is 0.416 e.